The number of hydrogen-bond donors (Lipinski definition) is 2. The van der Waals surface area contributed by atoms with Crippen molar-refractivity contribution in [1.29, 1.82) is 0 Å². The number of carboxylic acids is 1. The van der Waals surface area contributed by atoms with Crippen molar-refractivity contribution in [2.24, 2.45) is 5.92 Å². The van der Waals surface area contributed by atoms with Gasteiger partial charge in [0.05, 0.1) is 11.5 Å². The third kappa shape index (κ3) is 3.94. The highest BCUT2D eigenvalue weighted by molar-refractivity contribution is 7.08. The van der Waals surface area contributed by atoms with Gasteiger partial charge in [-0.1, -0.05) is 0 Å². The van der Waals surface area contributed by atoms with Gasteiger partial charge >= 0.3 is 5.97 Å². The van der Waals surface area contributed by atoms with E-state index in [1.807, 2.05) is 17.7 Å². The highest BCUT2D eigenvalue weighted by atomic mass is 32.1. The molecule has 136 valence electrons. The average Bonchev–Trinajstić information content (AvgIpc) is 3.08. The maximum atomic E-state index is 12.5. The molecule has 0 bridgehead atoms. The normalized spacial score (nSPS) is 14.9. The fourth-order valence-electron chi connectivity index (χ4n) is 3.00. The number of piperidine rings is 1. The van der Waals surface area contributed by atoms with Crippen molar-refractivity contribution >= 4 is 34.8 Å². The predicted octanol–water partition coefficient (Wildman–Crippen LogP) is 3.25. The molecule has 0 atom stereocenters. The van der Waals surface area contributed by atoms with Crippen LogP contribution in [0.4, 0.5) is 5.69 Å². The summed E-state index contributed by atoms with van der Waals surface area (Å²) in [5, 5.41) is 15.6. The van der Waals surface area contributed by atoms with Crippen LogP contribution in [-0.2, 0) is 4.79 Å². The number of likely N-dealkylation sites (tertiary alicyclic amines) is 1. The van der Waals surface area contributed by atoms with Gasteiger partial charge in [-0.05, 0) is 55.0 Å². The van der Waals surface area contributed by atoms with Crippen molar-refractivity contribution in [1.82, 2.24) is 4.90 Å². The fourth-order valence-corrected chi connectivity index (χ4v) is 3.83. The number of nitrogens with one attached hydrogen (secondary N) is 1. The molecule has 1 aromatic heterocycles. The second kappa shape index (κ2) is 7.70. The molecule has 6 nitrogen and oxygen atoms in total. The molecule has 0 saturated carbocycles. The molecule has 0 unspecified atom stereocenters. The second-order valence-corrected chi connectivity index (χ2v) is 7.15. The van der Waals surface area contributed by atoms with E-state index in [1.165, 1.54) is 11.3 Å². The Morgan fingerprint density at radius 1 is 1.12 bits per heavy atom. The SMILES string of the molecule is Cc1cscc1C(=O)Nc1ccc(C(=O)N2CCC(C(=O)O)CC2)cc1. The standard InChI is InChI=1S/C19H20N2O4S/c1-12-10-26-11-16(12)17(22)20-15-4-2-13(3-5-15)18(23)21-8-6-14(7-9-21)19(24)25/h2-5,10-11,14H,6-9H2,1H3,(H,20,22)(H,24,25). The van der Waals surface area contributed by atoms with E-state index in [9.17, 15) is 14.4 Å². The van der Waals surface area contributed by atoms with Crippen LogP contribution in [0.5, 0.6) is 0 Å². The van der Waals surface area contributed by atoms with Crippen molar-refractivity contribution in [3.8, 4) is 0 Å². The number of aryl methyl sites for hydroxylation is 1. The molecule has 1 fully saturated rings. The summed E-state index contributed by atoms with van der Waals surface area (Å²) in [7, 11) is 0. The second-order valence-electron chi connectivity index (χ2n) is 6.40. The minimum absolute atomic E-state index is 0.111. The summed E-state index contributed by atoms with van der Waals surface area (Å²) in [5.74, 6) is -1.44. The largest absolute Gasteiger partial charge is 0.481 e. The van der Waals surface area contributed by atoms with Gasteiger partial charge in [0.25, 0.3) is 11.8 Å². The third-order valence-corrected chi connectivity index (χ3v) is 5.48. The van der Waals surface area contributed by atoms with Gasteiger partial charge in [-0.2, -0.15) is 11.3 Å². The van der Waals surface area contributed by atoms with E-state index in [2.05, 4.69) is 5.32 Å². The Bertz CT molecular complexity index is 820. The van der Waals surface area contributed by atoms with Crippen LogP contribution in [0.3, 0.4) is 0 Å². The van der Waals surface area contributed by atoms with E-state index < -0.39 is 5.97 Å². The number of nitrogens with zero attached hydrogens (tertiary/aromatic N) is 1. The minimum atomic E-state index is -0.793. The molecule has 2 amide bonds. The van der Waals surface area contributed by atoms with Crippen molar-refractivity contribution < 1.29 is 19.5 Å². The molecular weight excluding hydrogens is 352 g/mol. The summed E-state index contributed by atoms with van der Waals surface area (Å²) in [4.78, 5) is 37.4. The summed E-state index contributed by atoms with van der Waals surface area (Å²) in [6.45, 7) is 2.79. The van der Waals surface area contributed by atoms with Crippen molar-refractivity contribution in [3.05, 3.63) is 51.7 Å². The Labute approximate surface area is 155 Å². The van der Waals surface area contributed by atoms with E-state index in [1.54, 1.807) is 29.2 Å². The molecule has 0 aliphatic carbocycles. The molecule has 3 rings (SSSR count). The maximum absolute atomic E-state index is 12.5. The first-order valence-electron chi connectivity index (χ1n) is 8.42. The summed E-state index contributed by atoms with van der Waals surface area (Å²) in [6, 6.07) is 6.77. The van der Waals surface area contributed by atoms with Gasteiger partial charge < -0.3 is 15.3 Å². The summed E-state index contributed by atoms with van der Waals surface area (Å²) in [5.41, 5.74) is 2.74. The highest BCUT2D eigenvalue weighted by Gasteiger charge is 2.27. The van der Waals surface area contributed by atoms with Gasteiger partial charge in [-0.25, -0.2) is 0 Å². The van der Waals surface area contributed by atoms with Crippen LogP contribution in [0.25, 0.3) is 0 Å². The predicted molar refractivity (Wildman–Crippen MR) is 99.7 cm³/mol. The van der Waals surface area contributed by atoms with E-state index >= 15 is 0 Å². The van der Waals surface area contributed by atoms with Gasteiger partial charge in [0.15, 0.2) is 0 Å². The number of carbonyl (C=O) groups is 3. The number of amides is 2. The molecule has 0 spiro atoms. The van der Waals surface area contributed by atoms with Crippen LogP contribution in [-0.4, -0.2) is 40.9 Å². The van der Waals surface area contributed by atoms with Gasteiger partial charge in [-0.15, -0.1) is 0 Å². The van der Waals surface area contributed by atoms with Crippen LogP contribution < -0.4 is 5.32 Å². The van der Waals surface area contributed by atoms with Crippen LogP contribution >= 0.6 is 11.3 Å². The quantitative estimate of drug-likeness (QED) is 0.862. The number of carbonyl (C=O) groups excluding carboxylic acids is 2. The molecule has 26 heavy (non-hydrogen) atoms. The lowest BCUT2D eigenvalue weighted by Gasteiger charge is -2.30. The topological polar surface area (TPSA) is 86.7 Å². The number of thiophene rings is 1. The first kappa shape index (κ1) is 18.1. The lowest BCUT2D eigenvalue weighted by Crippen LogP contribution is -2.40. The number of aliphatic carboxylic acids is 1. The lowest BCUT2D eigenvalue weighted by atomic mass is 9.96. The molecule has 2 aromatic rings. The number of anilines is 1. The molecule has 1 aliphatic rings. The molecule has 1 aliphatic heterocycles. The summed E-state index contributed by atoms with van der Waals surface area (Å²) < 4.78 is 0. The van der Waals surface area contributed by atoms with E-state index in [0.29, 0.717) is 42.7 Å². The molecule has 1 saturated heterocycles. The zero-order chi connectivity index (χ0) is 18.7. The van der Waals surface area contributed by atoms with Crippen LogP contribution in [0.1, 0.15) is 39.1 Å². The smallest absolute Gasteiger partial charge is 0.306 e. The van der Waals surface area contributed by atoms with Gasteiger partial charge in [0.1, 0.15) is 0 Å². The number of benzene rings is 1. The van der Waals surface area contributed by atoms with Gasteiger partial charge in [0, 0.05) is 29.7 Å². The maximum Gasteiger partial charge on any atom is 0.306 e. The highest BCUT2D eigenvalue weighted by Crippen LogP contribution is 2.21. The van der Waals surface area contributed by atoms with Crippen molar-refractivity contribution in [2.75, 3.05) is 18.4 Å². The first-order valence-corrected chi connectivity index (χ1v) is 9.36. The Kier molecular flexibility index (Phi) is 5.37. The van der Waals surface area contributed by atoms with Crippen molar-refractivity contribution in [3.63, 3.8) is 0 Å². The monoisotopic (exact) mass is 372 g/mol. The average molecular weight is 372 g/mol. The third-order valence-electron chi connectivity index (χ3n) is 4.62. The zero-order valence-electron chi connectivity index (χ0n) is 14.4. The molecule has 2 heterocycles. The van der Waals surface area contributed by atoms with E-state index in [-0.39, 0.29) is 17.7 Å². The number of hydrogen-bond acceptors (Lipinski definition) is 4. The molecule has 2 N–H and O–H groups in total. The summed E-state index contributed by atoms with van der Waals surface area (Å²) >= 11 is 1.48. The Morgan fingerprint density at radius 3 is 2.31 bits per heavy atom. The van der Waals surface area contributed by atoms with E-state index in [4.69, 9.17) is 5.11 Å². The first-order chi connectivity index (χ1) is 12.5. The Hall–Kier alpha value is -2.67. The molecule has 7 heteroatoms. The lowest BCUT2D eigenvalue weighted by molar-refractivity contribution is -0.143. The molecular formula is C19H20N2O4S. The molecule has 0 radical (unpaired) electrons. The minimum Gasteiger partial charge on any atom is -0.481 e. The van der Waals surface area contributed by atoms with Crippen molar-refractivity contribution in [2.45, 2.75) is 19.8 Å². The molecule has 1 aromatic carbocycles. The zero-order valence-corrected chi connectivity index (χ0v) is 15.2. The fraction of sp³-hybridized carbons (Fsp3) is 0.316. The van der Waals surface area contributed by atoms with Gasteiger partial charge in [-0.3, -0.25) is 14.4 Å². The Morgan fingerprint density at radius 2 is 1.77 bits per heavy atom. The Balaban J connectivity index is 1.61. The van der Waals surface area contributed by atoms with E-state index in [0.717, 1.165) is 5.56 Å². The van der Waals surface area contributed by atoms with Gasteiger partial charge in [0.2, 0.25) is 0 Å². The van der Waals surface area contributed by atoms with Crippen LogP contribution in [0, 0.1) is 12.8 Å². The summed E-state index contributed by atoms with van der Waals surface area (Å²) in [6.07, 6.45) is 0.963. The van der Waals surface area contributed by atoms with Crippen LogP contribution in [0.15, 0.2) is 35.0 Å². The number of carboxylic acid groups (broad SMARTS) is 1. The van der Waals surface area contributed by atoms with Crippen LogP contribution in [0.2, 0.25) is 0 Å². The number of rotatable bonds is 4.